The van der Waals surface area contributed by atoms with Gasteiger partial charge in [0.05, 0.1) is 30.6 Å². The predicted octanol–water partition coefficient (Wildman–Crippen LogP) is 6.40. The molecule has 5 rings (SSSR count). The summed E-state index contributed by atoms with van der Waals surface area (Å²) in [5, 5.41) is 6.98. The molecule has 0 aliphatic carbocycles. The van der Waals surface area contributed by atoms with Crippen molar-refractivity contribution in [1.82, 2.24) is 14.9 Å². The van der Waals surface area contributed by atoms with Crippen LogP contribution >= 0.6 is 28.1 Å². The molecule has 4 aromatic rings. The molecule has 0 saturated carbocycles. The van der Waals surface area contributed by atoms with Gasteiger partial charge in [-0.1, -0.05) is 22.0 Å². The minimum atomic E-state index is -0.189. The Balaban J connectivity index is 1.67. The molecule has 1 aliphatic rings. The molecule has 2 atom stereocenters. The van der Waals surface area contributed by atoms with Crippen LogP contribution in [0.3, 0.4) is 0 Å². The number of pyridine rings is 1. The van der Waals surface area contributed by atoms with Crippen LogP contribution in [-0.4, -0.2) is 27.7 Å². The third kappa shape index (κ3) is 4.79. The van der Waals surface area contributed by atoms with Gasteiger partial charge in [-0.05, 0) is 92.3 Å². The number of rotatable bonds is 6. The normalized spacial score (nSPS) is 16.9. The number of amides is 1. The van der Waals surface area contributed by atoms with Crippen LogP contribution in [0.5, 0.6) is 5.75 Å². The molecule has 3 heterocycles. The summed E-state index contributed by atoms with van der Waals surface area (Å²) in [5.74, 6) is 0.400. The van der Waals surface area contributed by atoms with Gasteiger partial charge in [0.25, 0.3) is 0 Å². The molecule has 1 saturated heterocycles. The second kappa shape index (κ2) is 10.6. The zero-order valence-corrected chi connectivity index (χ0v) is 23.9. The van der Waals surface area contributed by atoms with E-state index in [1.807, 2.05) is 48.5 Å². The maximum Gasteiger partial charge on any atom is 0.221 e. The first-order valence-corrected chi connectivity index (χ1v) is 13.4. The molecule has 2 N–H and O–H groups in total. The van der Waals surface area contributed by atoms with Crippen LogP contribution in [-0.2, 0) is 4.79 Å². The number of aromatic nitrogens is 2. The summed E-state index contributed by atoms with van der Waals surface area (Å²) < 4.78 is 8.78. The summed E-state index contributed by atoms with van der Waals surface area (Å²) in [6.07, 6.45) is 1.80. The number of halogens is 1. The van der Waals surface area contributed by atoms with E-state index in [-0.39, 0.29) is 18.0 Å². The van der Waals surface area contributed by atoms with Crippen molar-refractivity contribution < 1.29 is 9.53 Å². The molecule has 0 bridgehead atoms. The Morgan fingerprint density at radius 2 is 1.82 bits per heavy atom. The van der Waals surface area contributed by atoms with Crippen molar-refractivity contribution in [2.24, 2.45) is 0 Å². The van der Waals surface area contributed by atoms with Gasteiger partial charge in [-0.15, -0.1) is 0 Å². The first-order valence-electron chi connectivity index (χ1n) is 12.2. The molecule has 0 radical (unpaired) electrons. The maximum absolute atomic E-state index is 11.9. The van der Waals surface area contributed by atoms with E-state index in [1.54, 1.807) is 13.3 Å². The lowest BCUT2D eigenvalue weighted by Gasteiger charge is -2.29. The topological polar surface area (TPSA) is 71.4 Å². The Kier molecular flexibility index (Phi) is 7.23. The van der Waals surface area contributed by atoms with Crippen LogP contribution < -0.4 is 20.3 Å². The Morgan fingerprint density at radius 3 is 2.47 bits per heavy atom. The Bertz CT molecular complexity index is 1500. The number of carbonyl (C=O) groups is 1. The van der Waals surface area contributed by atoms with E-state index in [0.717, 1.165) is 38.5 Å². The lowest BCUT2D eigenvalue weighted by Crippen LogP contribution is -2.29. The third-order valence-corrected chi connectivity index (χ3v) is 7.59. The van der Waals surface area contributed by atoms with Gasteiger partial charge in [-0.3, -0.25) is 9.78 Å². The van der Waals surface area contributed by atoms with Crippen LogP contribution in [0.2, 0.25) is 0 Å². The number of methoxy groups -OCH3 is 1. The predicted molar refractivity (Wildman–Crippen MR) is 158 cm³/mol. The monoisotopic (exact) mass is 589 g/mol. The number of carbonyl (C=O) groups excluding carboxylic acids is 1. The van der Waals surface area contributed by atoms with E-state index >= 15 is 0 Å². The van der Waals surface area contributed by atoms with E-state index in [1.165, 1.54) is 6.92 Å². The van der Waals surface area contributed by atoms with Crippen molar-refractivity contribution in [3.05, 3.63) is 100 Å². The fourth-order valence-corrected chi connectivity index (χ4v) is 5.77. The molecule has 194 valence electrons. The molecule has 2 aromatic carbocycles. The van der Waals surface area contributed by atoms with Crippen LogP contribution in [0.1, 0.15) is 41.7 Å². The van der Waals surface area contributed by atoms with Crippen molar-refractivity contribution >= 4 is 50.5 Å². The van der Waals surface area contributed by atoms with E-state index in [2.05, 4.69) is 73.1 Å². The average Bonchev–Trinajstić information content (AvgIpc) is 3.39. The van der Waals surface area contributed by atoms with E-state index < -0.39 is 0 Å². The number of hydrogen-bond acceptors (Lipinski definition) is 4. The average molecular weight is 591 g/mol. The number of benzene rings is 2. The lowest BCUT2D eigenvalue weighted by atomic mass is 9.96. The summed E-state index contributed by atoms with van der Waals surface area (Å²) in [5.41, 5.74) is 6.76. The standard InChI is InChI=1S/C29H28BrN5O2S/c1-17-15-23(18(2)34(17)21-10-8-20(30)9-11-21)28-27(24-7-5-6-14-31-24)33-29(38)35(28)22-12-13-26(37-4)25(16-22)32-19(3)36/h5-16,27-28H,1-4H3,(H,32,36)(H,33,38)/t27-,28-/m0/s1. The van der Waals surface area contributed by atoms with Crippen molar-refractivity contribution in [2.75, 3.05) is 17.3 Å². The molecule has 9 heteroatoms. The summed E-state index contributed by atoms with van der Waals surface area (Å²) >= 11 is 9.45. The van der Waals surface area contributed by atoms with Gasteiger partial charge in [0.2, 0.25) is 5.91 Å². The minimum absolute atomic E-state index is 0.177. The Labute approximate surface area is 236 Å². The number of anilines is 2. The quantitative estimate of drug-likeness (QED) is 0.254. The number of thiocarbonyl (C=S) groups is 1. The third-order valence-electron chi connectivity index (χ3n) is 6.74. The molecule has 7 nitrogen and oxygen atoms in total. The van der Waals surface area contributed by atoms with Gasteiger partial charge in [0, 0.05) is 40.4 Å². The van der Waals surface area contributed by atoms with Crippen LogP contribution in [0.15, 0.2) is 77.4 Å². The second-order valence-electron chi connectivity index (χ2n) is 9.20. The maximum atomic E-state index is 11.9. The van der Waals surface area contributed by atoms with Crippen LogP contribution in [0.4, 0.5) is 11.4 Å². The van der Waals surface area contributed by atoms with Gasteiger partial charge < -0.3 is 24.8 Å². The van der Waals surface area contributed by atoms with Gasteiger partial charge in [-0.25, -0.2) is 0 Å². The molecule has 38 heavy (non-hydrogen) atoms. The number of aryl methyl sites for hydroxylation is 1. The summed E-state index contributed by atoms with van der Waals surface area (Å²) in [7, 11) is 1.58. The number of nitrogens with zero attached hydrogens (tertiary/aromatic N) is 3. The molecule has 2 aromatic heterocycles. The number of nitrogens with one attached hydrogen (secondary N) is 2. The molecule has 0 spiro atoms. The second-order valence-corrected chi connectivity index (χ2v) is 10.5. The first kappa shape index (κ1) is 25.9. The molecular weight excluding hydrogens is 562 g/mol. The molecule has 1 fully saturated rings. The van der Waals surface area contributed by atoms with Crippen molar-refractivity contribution in [2.45, 2.75) is 32.9 Å². The van der Waals surface area contributed by atoms with Crippen LogP contribution in [0.25, 0.3) is 5.69 Å². The highest BCUT2D eigenvalue weighted by Gasteiger charge is 2.42. The van der Waals surface area contributed by atoms with Gasteiger partial charge in [-0.2, -0.15) is 0 Å². The molecule has 1 aliphatic heterocycles. The van der Waals surface area contributed by atoms with Crippen molar-refractivity contribution in [3.63, 3.8) is 0 Å². The Hall–Kier alpha value is -3.69. The molecular formula is C29H28BrN5O2S. The SMILES string of the molecule is COc1ccc(N2C(=S)N[C@@H](c3ccccn3)[C@@H]2c2cc(C)n(-c3ccc(Br)cc3)c2C)cc1NC(C)=O. The number of ether oxygens (including phenoxy) is 1. The smallest absolute Gasteiger partial charge is 0.221 e. The number of hydrogen-bond donors (Lipinski definition) is 2. The zero-order valence-electron chi connectivity index (χ0n) is 21.5. The van der Waals surface area contributed by atoms with E-state index in [4.69, 9.17) is 17.0 Å². The van der Waals surface area contributed by atoms with E-state index in [9.17, 15) is 4.79 Å². The molecule has 1 amide bonds. The zero-order chi connectivity index (χ0) is 27.0. The van der Waals surface area contributed by atoms with Crippen molar-refractivity contribution in [3.8, 4) is 11.4 Å². The summed E-state index contributed by atoms with van der Waals surface area (Å²) in [6, 6.07) is 21.8. The Morgan fingerprint density at radius 1 is 1.08 bits per heavy atom. The highest BCUT2D eigenvalue weighted by Crippen LogP contribution is 2.45. The fourth-order valence-electron chi connectivity index (χ4n) is 5.16. The largest absolute Gasteiger partial charge is 0.495 e. The van der Waals surface area contributed by atoms with Gasteiger partial charge in [0.1, 0.15) is 5.75 Å². The van der Waals surface area contributed by atoms with Gasteiger partial charge in [0.15, 0.2) is 5.11 Å². The lowest BCUT2D eigenvalue weighted by molar-refractivity contribution is -0.114. The summed E-state index contributed by atoms with van der Waals surface area (Å²) in [4.78, 5) is 18.7. The fraction of sp³-hybridized carbons (Fsp3) is 0.207. The minimum Gasteiger partial charge on any atom is -0.495 e. The highest BCUT2D eigenvalue weighted by molar-refractivity contribution is 9.10. The first-order chi connectivity index (χ1) is 18.3. The van der Waals surface area contributed by atoms with E-state index in [0.29, 0.717) is 16.5 Å². The highest BCUT2D eigenvalue weighted by atomic mass is 79.9. The summed E-state index contributed by atoms with van der Waals surface area (Å²) in [6.45, 7) is 5.73. The van der Waals surface area contributed by atoms with Crippen LogP contribution in [0, 0.1) is 13.8 Å². The molecule has 0 unspecified atom stereocenters. The van der Waals surface area contributed by atoms with Crippen molar-refractivity contribution in [1.29, 1.82) is 0 Å². The van der Waals surface area contributed by atoms with Gasteiger partial charge >= 0.3 is 0 Å².